The fourth-order valence-electron chi connectivity index (χ4n) is 4.29. The molecule has 170 valence electrons. The van der Waals surface area contributed by atoms with Gasteiger partial charge in [0.1, 0.15) is 11.4 Å². The van der Waals surface area contributed by atoms with Crippen molar-refractivity contribution in [3.05, 3.63) is 54.2 Å². The van der Waals surface area contributed by atoms with E-state index >= 15 is 0 Å². The van der Waals surface area contributed by atoms with E-state index < -0.39 is 5.91 Å². The van der Waals surface area contributed by atoms with E-state index in [2.05, 4.69) is 20.6 Å². The maximum absolute atomic E-state index is 12.0. The number of benzene rings is 2. The van der Waals surface area contributed by atoms with Gasteiger partial charge in [0, 0.05) is 29.5 Å². The summed E-state index contributed by atoms with van der Waals surface area (Å²) in [5.41, 5.74) is 14.6. The molecule has 9 heteroatoms. The van der Waals surface area contributed by atoms with Gasteiger partial charge in [-0.3, -0.25) is 4.79 Å². The number of carbonyl (C=O) groups excluding carboxylic acids is 1. The molecule has 6 N–H and O–H groups in total. The number of nitrogens with zero attached hydrogens (tertiary/aromatic N) is 2. The van der Waals surface area contributed by atoms with Crippen molar-refractivity contribution in [2.75, 3.05) is 17.4 Å². The van der Waals surface area contributed by atoms with Crippen molar-refractivity contribution in [2.45, 2.75) is 37.8 Å². The lowest BCUT2D eigenvalue weighted by molar-refractivity contribution is 0.100. The van der Waals surface area contributed by atoms with Gasteiger partial charge in [-0.15, -0.1) is 0 Å². The maximum Gasteiger partial charge on any atom is 0.254 e. The number of ether oxygens (including phenoxy) is 2. The van der Waals surface area contributed by atoms with Crippen molar-refractivity contribution in [1.29, 1.82) is 0 Å². The SMILES string of the molecule is NC(=O)c1cnc(N[C@@H]2CCCC[C@@H]2N)nc1Nc1cccc(-c2cccc3c2OCO3)c1. The molecule has 1 saturated carbocycles. The normalized spacial score (nSPS) is 19.2. The summed E-state index contributed by atoms with van der Waals surface area (Å²) in [5.74, 6) is 1.56. The van der Waals surface area contributed by atoms with Crippen LogP contribution in [0, 0.1) is 0 Å². The average molecular weight is 447 g/mol. The molecule has 1 aromatic heterocycles. The fraction of sp³-hybridized carbons (Fsp3) is 0.292. The minimum absolute atomic E-state index is 0.0463. The van der Waals surface area contributed by atoms with Gasteiger partial charge in [-0.1, -0.05) is 37.1 Å². The molecule has 0 unspecified atom stereocenters. The molecule has 0 saturated heterocycles. The Balaban J connectivity index is 1.43. The molecular formula is C24H26N6O3. The quantitative estimate of drug-likeness (QED) is 0.452. The largest absolute Gasteiger partial charge is 0.454 e. The Labute approximate surface area is 191 Å². The lowest BCUT2D eigenvalue weighted by Crippen LogP contribution is -2.43. The van der Waals surface area contributed by atoms with Crippen LogP contribution in [0.3, 0.4) is 0 Å². The molecule has 2 atom stereocenters. The second kappa shape index (κ2) is 8.95. The smallest absolute Gasteiger partial charge is 0.254 e. The number of hydrogen-bond acceptors (Lipinski definition) is 8. The highest BCUT2D eigenvalue weighted by Gasteiger charge is 2.23. The Hall–Kier alpha value is -3.85. The van der Waals surface area contributed by atoms with Crippen LogP contribution in [0.5, 0.6) is 11.5 Å². The summed E-state index contributed by atoms with van der Waals surface area (Å²) in [6.07, 6.45) is 5.60. The van der Waals surface area contributed by atoms with Gasteiger partial charge in [-0.25, -0.2) is 4.98 Å². The molecular weight excluding hydrogens is 420 g/mol. The zero-order valence-electron chi connectivity index (χ0n) is 18.1. The first-order valence-corrected chi connectivity index (χ1v) is 11.0. The maximum atomic E-state index is 12.0. The topological polar surface area (TPSA) is 137 Å². The molecule has 5 rings (SSSR count). The molecule has 2 aromatic carbocycles. The standard InChI is InChI=1S/C24H26N6O3/c25-18-8-1-2-9-19(18)29-24-27-12-17(22(26)31)23(30-24)28-15-6-3-5-14(11-15)16-7-4-10-20-21(16)33-13-32-20/h3-7,10-12,18-19H,1-2,8-9,13,25H2,(H2,26,31)(H2,27,28,29,30)/t18-,19+/m0/s1. The molecule has 0 radical (unpaired) electrons. The van der Waals surface area contributed by atoms with Gasteiger partial charge in [-0.05, 0) is 36.6 Å². The molecule has 3 aromatic rings. The second-order valence-corrected chi connectivity index (χ2v) is 8.26. The van der Waals surface area contributed by atoms with Gasteiger partial charge in [0.15, 0.2) is 11.5 Å². The molecule has 1 fully saturated rings. The van der Waals surface area contributed by atoms with E-state index in [1.807, 2.05) is 42.5 Å². The number of rotatable bonds is 6. The van der Waals surface area contributed by atoms with Gasteiger partial charge in [0.2, 0.25) is 12.7 Å². The number of aromatic nitrogens is 2. The van der Waals surface area contributed by atoms with Gasteiger partial charge in [0.05, 0.1) is 0 Å². The van der Waals surface area contributed by atoms with Crippen LogP contribution in [-0.4, -0.2) is 34.8 Å². The number of amides is 1. The van der Waals surface area contributed by atoms with Crippen molar-refractivity contribution in [2.24, 2.45) is 11.5 Å². The molecule has 2 aliphatic rings. The first-order chi connectivity index (χ1) is 16.1. The molecule has 0 spiro atoms. The number of anilines is 3. The van der Waals surface area contributed by atoms with Crippen LogP contribution in [0.1, 0.15) is 36.0 Å². The lowest BCUT2D eigenvalue weighted by atomic mass is 9.91. The molecule has 9 nitrogen and oxygen atoms in total. The van der Waals surface area contributed by atoms with E-state index in [1.54, 1.807) is 0 Å². The second-order valence-electron chi connectivity index (χ2n) is 8.26. The van der Waals surface area contributed by atoms with Gasteiger partial charge < -0.3 is 31.6 Å². The number of fused-ring (bicyclic) bond motifs is 1. The van der Waals surface area contributed by atoms with Crippen LogP contribution in [-0.2, 0) is 0 Å². The Morgan fingerprint density at radius 3 is 2.79 bits per heavy atom. The number of hydrogen-bond donors (Lipinski definition) is 4. The summed E-state index contributed by atoms with van der Waals surface area (Å²) in [7, 11) is 0. The zero-order valence-corrected chi connectivity index (χ0v) is 18.1. The van der Waals surface area contributed by atoms with Crippen molar-refractivity contribution in [3.63, 3.8) is 0 Å². The molecule has 33 heavy (non-hydrogen) atoms. The Kier molecular flexibility index (Phi) is 5.70. The molecule has 0 bridgehead atoms. The fourth-order valence-corrected chi connectivity index (χ4v) is 4.29. The minimum atomic E-state index is -0.610. The number of primary amides is 1. The minimum Gasteiger partial charge on any atom is -0.454 e. The summed E-state index contributed by atoms with van der Waals surface area (Å²) < 4.78 is 11.1. The summed E-state index contributed by atoms with van der Waals surface area (Å²) >= 11 is 0. The van der Waals surface area contributed by atoms with E-state index in [-0.39, 0.29) is 24.4 Å². The van der Waals surface area contributed by atoms with Crippen LogP contribution in [0.2, 0.25) is 0 Å². The first-order valence-electron chi connectivity index (χ1n) is 11.0. The van der Waals surface area contributed by atoms with Crippen LogP contribution < -0.4 is 31.6 Å². The van der Waals surface area contributed by atoms with Crippen LogP contribution >= 0.6 is 0 Å². The highest BCUT2D eigenvalue weighted by atomic mass is 16.7. The average Bonchev–Trinajstić information content (AvgIpc) is 3.30. The Bertz CT molecular complexity index is 1180. The summed E-state index contributed by atoms with van der Waals surface area (Å²) in [4.78, 5) is 20.8. The number of para-hydroxylation sites is 1. The van der Waals surface area contributed by atoms with E-state index in [1.165, 1.54) is 6.20 Å². The highest BCUT2D eigenvalue weighted by molar-refractivity contribution is 5.98. The summed E-state index contributed by atoms with van der Waals surface area (Å²) in [6, 6.07) is 13.7. The zero-order chi connectivity index (χ0) is 22.8. The van der Waals surface area contributed by atoms with Crippen molar-refractivity contribution in [1.82, 2.24) is 9.97 Å². The Morgan fingerprint density at radius 2 is 1.94 bits per heavy atom. The predicted molar refractivity (Wildman–Crippen MR) is 126 cm³/mol. The van der Waals surface area contributed by atoms with Gasteiger partial charge in [0.25, 0.3) is 5.91 Å². The third kappa shape index (κ3) is 4.40. The number of nitrogens with two attached hydrogens (primary N) is 2. The van der Waals surface area contributed by atoms with Crippen molar-refractivity contribution < 1.29 is 14.3 Å². The number of carbonyl (C=O) groups is 1. The number of nitrogens with one attached hydrogen (secondary N) is 2. The van der Waals surface area contributed by atoms with Gasteiger partial charge in [-0.2, -0.15) is 4.98 Å². The van der Waals surface area contributed by atoms with E-state index in [4.69, 9.17) is 20.9 Å². The Morgan fingerprint density at radius 1 is 1.09 bits per heavy atom. The molecule has 2 heterocycles. The van der Waals surface area contributed by atoms with Crippen LogP contribution in [0.25, 0.3) is 11.1 Å². The summed E-state index contributed by atoms with van der Waals surface area (Å²) in [6.45, 7) is 0.202. The van der Waals surface area contributed by atoms with Crippen LogP contribution in [0.4, 0.5) is 17.5 Å². The third-order valence-electron chi connectivity index (χ3n) is 6.02. The monoisotopic (exact) mass is 446 g/mol. The van der Waals surface area contributed by atoms with Gasteiger partial charge >= 0.3 is 0 Å². The highest BCUT2D eigenvalue weighted by Crippen LogP contribution is 2.41. The summed E-state index contributed by atoms with van der Waals surface area (Å²) in [5, 5.41) is 6.54. The molecule has 1 aliphatic carbocycles. The van der Waals surface area contributed by atoms with Crippen molar-refractivity contribution >= 4 is 23.4 Å². The first kappa shape index (κ1) is 21.0. The van der Waals surface area contributed by atoms with E-state index in [9.17, 15) is 4.79 Å². The van der Waals surface area contributed by atoms with Crippen LogP contribution in [0.15, 0.2) is 48.7 Å². The predicted octanol–water partition coefficient (Wildman–Crippen LogP) is 3.40. The third-order valence-corrected chi connectivity index (χ3v) is 6.02. The molecule has 1 amide bonds. The lowest BCUT2D eigenvalue weighted by Gasteiger charge is -2.29. The van der Waals surface area contributed by atoms with E-state index in [0.717, 1.165) is 42.5 Å². The van der Waals surface area contributed by atoms with Crippen molar-refractivity contribution in [3.8, 4) is 22.6 Å². The van der Waals surface area contributed by atoms with E-state index in [0.29, 0.717) is 23.3 Å². The molecule has 1 aliphatic heterocycles.